The fraction of sp³-hybridized carbons (Fsp3) is 0.143. The van der Waals surface area contributed by atoms with Crippen molar-refractivity contribution in [2.45, 2.75) is 40.2 Å². The number of carbonyl (C=O) groups excluding carboxylic acids is 2. The average molecular weight is 489 g/mol. The van der Waals surface area contributed by atoms with E-state index in [1.54, 1.807) is 0 Å². The van der Waals surface area contributed by atoms with E-state index in [4.69, 9.17) is 0 Å². The monoisotopic (exact) mass is 488 g/mol. The van der Waals surface area contributed by atoms with Gasteiger partial charge in [-0.15, -0.1) is 11.8 Å². The molecule has 0 bridgehead atoms. The predicted octanol–water partition coefficient (Wildman–Crippen LogP) is 7.07. The second-order valence-corrected chi connectivity index (χ2v) is 10.5. The van der Waals surface area contributed by atoms with Crippen LogP contribution in [-0.4, -0.2) is 27.0 Å². The zero-order valence-electron chi connectivity index (χ0n) is 18.8. The Labute approximate surface area is 207 Å². The summed E-state index contributed by atoms with van der Waals surface area (Å²) >= 11 is 2.72. The molecular formula is C28H24O4S2. The van der Waals surface area contributed by atoms with Gasteiger partial charge in [-0.3, -0.25) is 9.59 Å². The van der Waals surface area contributed by atoms with Gasteiger partial charge in [-0.25, -0.2) is 0 Å². The van der Waals surface area contributed by atoms with Crippen molar-refractivity contribution < 1.29 is 19.8 Å². The van der Waals surface area contributed by atoms with Crippen LogP contribution in [0.4, 0.5) is 0 Å². The Bertz CT molecular complexity index is 1290. The van der Waals surface area contributed by atoms with Crippen molar-refractivity contribution in [1.29, 1.82) is 0 Å². The van der Waals surface area contributed by atoms with E-state index >= 15 is 0 Å². The van der Waals surface area contributed by atoms with E-state index in [1.165, 1.54) is 35.7 Å². The lowest BCUT2D eigenvalue weighted by atomic mass is 9.86. The number of phenols is 2. The number of benzene rings is 3. The number of hydrogen-bond donors (Lipinski definition) is 2. The minimum atomic E-state index is -0.483. The minimum Gasteiger partial charge on any atom is -0.507 e. The van der Waals surface area contributed by atoms with Gasteiger partial charge in [0.1, 0.15) is 11.5 Å². The summed E-state index contributed by atoms with van der Waals surface area (Å²) < 4.78 is 0. The number of ketones is 2. The van der Waals surface area contributed by atoms with Crippen LogP contribution in [-0.2, 0) is 0 Å². The Hall–Kier alpha value is -3.22. The third-order valence-electron chi connectivity index (χ3n) is 5.35. The topological polar surface area (TPSA) is 74.6 Å². The molecule has 4 nitrogen and oxygen atoms in total. The van der Waals surface area contributed by atoms with E-state index in [2.05, 4.69) is 0 Å². The summed E-state index contributed by atoms with van der Waals surface area (Å²) in [5.74, 6) is -1.51. The molecule has 4 rings (SSSR count). The van der Waals surface area contributed by atoms with Crippen LogP contribution in [0.25, 0.3) is 0 Å². The summed E-state index contributed by atoms with van der Waals surface area (Å²) in [6.07, 6.45) is 3.91. The Morgan fingerprint density at radius 3 is 2.15 bits per heavy atom. The first-order valence-electron chi connectivity index (χ1n) is 10.8. The second kappa shape index (κ2) is 10.4. The van der Waals surface area contributed by atoms with Crippen molar-refractivity contribution in [3.63, 3.8) is 0 Å². The van der Waals surface area contributed by atoms with Gasteiger partial charge in [0.05, 0.1) is 16.0 Å². The Morgan fingerprint density at radius 2 is 1.53 bits per heavy atom. The van der Waals surface area contributed by atoms with Gasteiger partial charge in [0.2, 0.25) is 0 Å². The molecule has 0 spiro atoms. The Kier molecular flexibility index (Phi) is 7.29. The molecule has 0 saturated carbocycles. The summed E-state index contributed by atoms with van der Waals surface area (Å²) in [5, 5.41) is 21.4. The SMILES string of the molecule is CC(C)=CCC(Sc1ccccc1)C1=CC(=O)c2c(O)c(Sc3ccccc3)cc(O)c2C1=O. The van der Waals surface area contributed by atoms with Crippen LogP contribution in [0, 0.1) is 0 Å². The fourth-order valence-electron chi connectivity index (χ4n) is 3.70. The fourth-order valence-corrected chi connectivity index (χ4v) is 5.76. The quantitative estimate of drug-likeness (QED) is 0.210. The number of Topliss-reactive ketones (excluding diaryl/α,β-unsaturated/α-hetero) is 1. The highest BCUT2D eigenvalue weighted by atomic mass is 32.2. The van der Waals surface area contributed by atoms with Crippen molar-refractivity contribution in [3.05, 3.63) is 101 Å². The van der Waals surface area contributed by atoms with Gasteiger partial charge in [-0.05, 0) is 56.7 Å². The molecule has 1 unspecified atom stereocenters. The van der Waals surface area contributed by atoms with Gasteiger partial charge in [0.15, 0.2) is 11.6 Å². The highest BCUT2D eigenvalue weighted by molar-refractivity contribution is 8.00. The van der Waals surface area contributed by atoms with E-state index < -0.39 is 11.6 Å². The van der Waals surface area contributed by atoms with Gasteiger partial charge < -0.3 is 10.2 Å². The van der Waals surface area contributed by atoms with Crippen LogP contribution in [0.15, 0.2) is 105 Å². The normalized spacial score (nSPS) is 13.8. The molecule has 34 heavy (non-hydrogen) atoms. The Balaban J connectivity index is 1.73. The zero-order chi connectivity index (χ0) is 24.2. The molecule has 0 aromatic heterocycles. The minimum absolute atomic E-state index is 0.131. The van der Waals surface area contributed by atoms with Crippen LogP contribution >= 0.6 is 23.5 Å². The Morgan fingerprint density at radius 1 is 0.912 bits per heavy atom. The summed E-state index contributed by atoms with van der Waals surface area (Å²) in [7, 11) is 0. The highest BCUT2D eigenvalue weighted by Crippen LogP contribution is 2.45. The van der Waals surface area contributed by atoms with Gasteiger partial charge in [-0.1, -0.05) is 59.8 Å². The number of fused-ring (bicyclic) bond motifs is 1. The molecule has 0 saturated heterocycles. The first-order chi connectivity index (χ1) is 16.3. The first kappa shape index (κ1) is 23.9. The molecule has 0 radical (unpaired) electrons. The second-order valence-electron chi connectivity index (χ2n) is 8.14. The molecule has 1 aliphatic rings. The third-order valence-corrected chi connectivity index (χ3v) is 7.66. The van der Waals surface area contributed by atoms with Crippen LogP contribution in [0.1, 0.15) is 41.0 Å². The van der Waals surface area contributed by atoms with Crippen LogP contribution in [0.2, 0.25) is 0 Å². The largest absolute Gasteiger partial charge is 0.507 e. The molecule has 3 aromatic rings. The summed E-state index contributed by atoms with van der Waals surface area (Å²) in [6, 6.07) is 20.4. The lowest BCUT2D eigenvalue weighted by Gasteiger charge is -2.24. The number of carbonyl (C=O) groups is 2. The van der Waals surface area contributed by atoms with Crippen molar-refractivity contribution in [2.75, 3.05) is 0 Å². The molecule has 172 valence electrons. The maximum absolute atomic E-state index is 13.5. The van der Waals surface area contributed by atoms with Crippen LogP contribution < -0.4 is 0 Å². The standard InChI is InChI=1S/C28H24O4S2/c1-17(2)13-14-23(33-18-9-5-3-6-10-18)20-15-21(29)26-25(27(20)31)22(30)16-24(28(26)32)34-19-11-7-4-8-12-19/h3-13,15-16,23,30,32H,14H2,1-2H3. The van der Waals surface area contributed by atoms with Gasteiger partial charge in [0, 0.05) is 20.6 Å². The van der Waals surface area contributed by atoms with Crippen molar-refractivity contribution in [3.8, 4) is 11.5 Å². The lowest BCUT2D eigenvalue weighted by Crippen LogP contribution is -2.24. The molecule has 3 aromatic carbocycles. The van der Waals surface area contributed by atoms with E-state index in [9.17, 15) is 19.8 Å². The lowest BCUT2D eigenvalue weighted by molar-refractivity contribution is 0.0977. The molecule has 6 heteroatoms. The number of aromatic hydroxyl groups is 2. The van der Waals surface area contributed by atoms with Crippen LogP contribution in [0.5, 0.6) is 11.5 Å². The van der Waals surface area contributed by atoms with Crippen molar-refractivity contribution in [1.82, 2.24) is 0 Å². The number of thioether (sulfide) groups is 1. The zero-order valence-corrected chi connectivity index (χ0v) is 20.5. The van der Waals surface area contributed by atoms with Gasteiger partial charge in [0.25, 0.3) is 0 Å². The van der Waals surface area contributed by atoms with Gasteiger partial charge in [-0.2, -0.15) is 0 Å². The van der Waals surface area contributed by atoms with Crippen molar-refractivity contribution in [2.24, 2.45) is 0 Å². The smallest absolute Gasteiger partial charge is 0.194 e. The van der Waals surface area contributed by atoms with E-state index in [1.807, 2.05) is 80.6 Å². The summed E-state index contributed by atoms with van der Waals surface area (Å²) in [6.45, 7) is 3.97. The molecule has 0 aliphatic heterocycles. The van der Waals surface area contributed by atoms with E-state index in [0.29, 0.717) is 16.9 Å². The molecule has 2 N–H and O–H groups in total. The van der Waals surface area contributed by atoms with Gasteiger partial charge >= 0.3 is 0 Å². The summed E-state index contributed by atoms with van der Waals surface area (Å²) in [5.41, 5.74) is 1.16. The molecule has 0 heterocycles. The first-order valence-corrected chi connectivity index (χ1v) is 12.5. The molecule has 1 atom stereocenters. The number of phenolic OH excluding ortho intramolecular Hbond substituents is 2. The maximum atomic E-state index is 13.5. The van der Waals surface area contributed by atoms with Crippen LogP contribution in [0.3, 0.4) is 0 Å². The number of hydrogen-bond acceptors (Lipinski definition) is 6. The molecule has 1 aliphatic carbocycles. The molecule has 0 amide bonds. The number of allylic oxidation sites excluding steroid dienone is 3. The van der Waals surface area contributed by atoms with E-state index in [-0.39, 0.29) is 27.9 Å². The predicted molar refractivity (Wildman–Crippen MR) is 137 cm³/mol. The molecule has 0 fully saturated rings. The summed E-state index contributed by atoms with van der Waals surface area (Å²) in [4.78, 5) is 28.9. The highest BCUT2D eigenvalue weighted by Gasteiger charge is 2.36. The third kappa shape index (κ3) is 5.13. The number of rotatable bonds is 7. The molecular weight excluding hydrogens is 464 g/mol. The maximum Gasteiger partial charge on any atom is 0.194 e. The average Bonchev–Trinajstić information content (AvgIpc) is 2.82. The van der Waals surface area contributed by atoms with Crippen molar-refractivity contribution >= 4 is 35.1 Å². The van der Waals surface area contributed by atoms with E-state index in [0.717, 1.165) is 15.4 Å².